The van der Waals surface area contributed by atoms with Crippen molar-refractivity contribution in [2.75, 3.05) is 13.2 Å². The van der Waals surface area contributed by atoms with Crippen LogP contribution in [-0.2, 0) is 11.3 Å². The van der Waals surface area contributed by atoms with Crippen LogP contribution in [0, 0.1) is 0 Å². The van der Waals surface area contributed by atoms with Gasteiger partial charge in [0.15, 0.2) is 0 Å². The third-order valence-corrected chi connectivity index (χ3v) is 3.06. The van der Waals surface area contributed by atoms with Crippen molar-refractivity contribution < 1.29 is 43.4 Å². The second-order valence-electron chi connectivity index (χ2n) is 5.04. The zero-order chi connectivity index (χ0) is 15.3. The molecule has 1 heterocycles. The molecule has 0 aromatic carbocycles. The normalized spacial score (nSPS) is 10.7. The average molecular weight is 308 g/mol. The fraction of sp³-hybridized carbons (Fsp3) is 0.583. The number of hydrogen-bond acceptors (Lipinski definition) is 7. The van der Waals surface area contributed by atoms with Crippen molar-refractivity contribution in [1.82, 2.24) is 9.88 Å². The molecule has 0 atom stereocenters. The van der Waals surface area contributed by atoms with E-state index in [4.69, 9.17) is 9.84 Å². The zero-order valence-electron chi connectivity index (χ0n) is 12.6. The van der Waals surface area contributed by atoms with Gasteiger partial charge in [-0.3, -0.25) is 0 Å². The van der Waals surface area contributed by atoms with Gasteiger partial charge in [-0.05, 0) is 20.8 Å². The number of thiazole rings is 1. The second kappa shape index (κ2) is 8.39. The van der Waals surface area contributed by atoms with Gasteiger partial charge in [0.1, 0.15) is 16.6 Å². The first kappa shape index (κ1) is 19.9. The van der Waals surface area contributed by atoms with Crippen LogP contribution in [0.4, 0.5) is 4.79 Å². The van der Waals surface area contributed by atoms with E-state index in [0.29, 0.717) is 4.88 Å². The molecule has 1 aromatic heterocycles. The number of carboxylic acid groups (broad SMARTS) is 1. The molecular formula is C12H17LiN2O5S. The smallest absolute Gasteiger partial charge is 0.542 e. The maximum absolute atomic E-state index is 11.9. The number of nitrogens with zero attached hydrogens (tertiary/aromatic N) is 2. The molecule has 0 aliphatic carbocycles. The summed E-state index contributed by atoms with van der Waals surface area (Å²) in [5, 5.41) is 19.5. The SMILES string of the molecule is CC(C)(C)OC(=O)N(CCO)Cc1cnc(C(=O)[O-])s1.[Li+]. The molecule has 0 spiro atoms. The summed E-state index contributed by atoms with van der Waals surface area (Å²) < 4.78 is 5.21. The first-order valence-corrected chi connectivity index (χ1v) is 6.79. The van der Waals surface area contributed by atoms with Gasteiger partial charge in [-0.15, -0.1) is 11.3 Å². The van der Waals surface area contributed by atoms with Crippen LogP contribution in [0.5, 0.6) is 0 Å². The largest absolute Gasteiger partial charge is 1.00 e. The Kier molecular flexibility index (Phi) is 7.96. The van der Waals surface area contributed by atoms with E-state index in [1.165, 1.54) is 11.1 Å². The number of amides is 1. The Hall–Kier alpha value is -1.07. The molecule has 7 nitrogen and oxygen atoms in total. The molecule has 0 bridgehead atoms. The van der Waals surface area contributed by atoms with Gasteiger partial charge >= 0.3 is 25.0 Å². The standard InChI is InChI=1S/C12H18N2O5S.Li/c1-12(2,3)19-11(18)14(4-5-15)7-8-6-13-9(20-8)10(16)17;/h6,15H,4-5,7H2,1-3H3,(H,16,17);/q;+1/p-1. The van der Waals surface area contributed by atoms with Crippen molar-refractivity contribution in [3.63, 3.8) is 0 Å². The Balaban J connectivity index is 0.00000400. The van der Waals surface area contributed by atoms with Crippen LogP contribution in [0.25, 0.3) is 0 Å². The summed E-state index contributed by atoms with van der Waals surface area (Å²) in [6.45, 7) is 5.22. The number of ether oxygens (including phenoxy) is 1. The van der Waals surface area contributed by atoms with Crippen molar-refractivity contribution >= 4 is 23.4 Å². The summed E-state index contributed by atoms with van der Waals surface area (Å²) in [7, 11) is 0. The third-order valence-electron chi connectivity index (χ3n) is 2.10. The Labute approximate surface area is 139 Å². The summed E-state index contributed by atoms with van der Waals surface area (Å²) in [6.07, 6.45) is 0.791. The number of aliphatic hydroxyl groups excluding tert-OH is 1. The molecule has 1 aromatic rings. The minimum absolute atomic E-state index is 0. The molecule has 0 aliphatic rings. The topological polar surface area (TPSA) is 103 Å². The predicted molar refractivity (Wildman–Crippen MR) is 70.2 cm³/mol. The van der Waals surface area contributed by atoms with E-state index in [1.807, 2.05) is 0 Å². The van der Waals surface area contributed by atoms with Gasteiger partial charge in [0, 0.05) is 17.6 Å². The quantitative estimate of drug-likeness (QED) is 0.591. The van der Waals surface area contributed by atoms with E-state index in [-0.39, 0.29) is 43.6 Å². The van der Waals surface area contributed by atoms with Crippen LogP contribution in [-0.4, -0.2) is 45.8 Å². The van der Waals surface area contributed by atoms with Crippen LogP contribution < -0.4 is 24.0 Å². The maximum Gasteiger partial charge on any atom is 1.00 e. The van der Waals surface area contributed by atoms with Crippen LogP contribution >= 0.6 is 11.3 Å². The van der Waals surface area contributed by atoms with E-state index < -0.39 is 17.7 Å². The fourth-order valence-corrected chi connectivity index (χ4v) is 2.11. The number of aromatic nitrogens is 1. The summed E-state index contributed by atoms with van der Waals surface area (Å²) in [5.41, 5.74) is -0.644. The molecule has 0 saturated heterocycles. The minimum atomic E-state index is -1.35. The molecule has 112 valence electrons. The number of carboxylic acids is 1. The molecule has 21 heavy (non-hydrogen) atoms. The molecule has 1 rings (SSSR count). The van der Waals surface area contributed by atoms with Crippen molar-refractivity contribution in [2.45, 2.75) is 32.9 Å². The number of hydrogen-bond donors (Lipinski definition) is 1. The van der Waals surface area contributed by atoms with Gasteiger partial charge < -0.3 is 24.6 Å². The average Bonchev–Trinajstić information content (AvgIpc) is 2.74. The Morgan fingerprint density at radius 2 is 2.10 bits per heavy atom. The summed E-state index contributed by atoms with van der Waals surface area (Å²) >= 11 is 0.926. The van der Waals surface area contributed by atoms with Gasteiger partial charge in [0.2, 0.25) is 0 Å². The van der Waals surface area contributed by atoms with Crippen LogP contribution in [0.2, 0.25) is 0 Å². The van der Waals surface area contributed by atoms with Crippen molar-refractivity contribution in [1.29, 1.82) is 0 Å². The van der Waals surface area contributed by atoms with Gasteiger partial charge in [-0.1, -0.05) is 0 Å². The number of aliphatic hydroxyl groups is 1. The number of carbonyl (C=O) groups excluding carboxylic acids is 2. The molecule has 0 aliphatic heterocycles. The molecular weight excluding hydrogens is 291 g/mol. The van der Waals surface area contributed by atoms with Crippen LogP contribution in [0.15, 0.2) is 6.20 Å². The number of rotatable bonds is 5. The molecule has 0 unspecified atom stereocenters. The third kappa shape index (κ3) is 6.95. The van der Waals surface area contributed by atoms with E-state index in [9.17, 15) is 14.7 Å². The monoisotopic (exact) mass is 308 g/mol. The van der Waals surface area contributed by atoms with Crippen LogP contribution in [0.1, 0.15) is 35.5 Å². The first-order chi connectivity index (χ1) is 9.23. The molecule has 0 fully saturated rings. The molecule has 1 N–H and O–H groups in total. The van der Waals surface area contributed by atoms with E-state index in [0.717, 1.165) is 11.3 Å². The summed E-state index contributed by atoms with van der Waals surface area (Å²) in [6, 6.07) is 0. The molecule has 0 radical (unpaired) electrons. The van der Waals surface area contributed by atoms with Crippen LogP contribution in [0.3, 0.4) is 0 Å². The maximum atomic E-state index is 11.9. The van der Waals surface area contributed by atoms with Crippen molar-refractivity contribution in [3.05, 3.63) is 16.1 Å². The van der Waals surface area contributed by atoms with Gasteiger partial charge in [-0.25, -0.2) is 9.78 Å². The van der Waals surface area contributed by atoms with Crippen molar-refractivity contribution in [2.24, 2.45) is 0 Å². The van der Waals surface area contributed by atoms with Crippen molar-refractivity contribution in [3.8, 4) is 0 Å². The van der Waals surface area contributed by atoms with Gasteiger partial charge in [0.05, 0.1) is 13.2 Å². The van der Waals surface area contributed by atoms with Gasteiger partial charge in [-0.2, -0.15) is 0 Å². The summed E-state index contributed by atoms with van der Waals surface area (Å²) in [5.74, 6) is -1.35. The minimum Gasteiger partial charge on any atom is -0.542 e. The Morgan fingerprint density at radius 1 is 1.48 bits per heavy atom. The molecule has 1 amide bonds. The first-order valence-electron chi connectivity index (χ1n) is 5.98. The van der Waals surface area contributed by atoms with E-state index >= 15 is 0 Å². The number of carbonyl (C=O) groups is 2. The predicted octanol–water partition coefficient (Wildman–Crippen LogP) is -2.76. The Morgan fingerprint density at radius 3 is 2.52 bits per heavy atom. The summed E-state index contributed by atoms with van der Waals surface area (Å²) in [4.78, 5) is 28.1. The zero-order valence-corrected chi connectivity index (χ0v) is 13.4. The fourth-order valence-electron chi connectivity index (χ4n) is 1.35. The molecule has 0 saturated carbocycles. The van der Waals surface area contributed by atoms with Gasteiger partial charge in [0.25, 0.3) is 0 Å². The van der Waals surface area contributed by atoms with E-state index in [2.05, 4.69) is 4.98 Å². The Bertz CT molecular complexity index is 486. The molecule has 9 heteroatoms. The second-order valence-corrected chi connectivity index (χ2v) is 6.16. The number of aromatic carboxylic acids is 1. The van der Waals surface area contributed by atoms with E-state index in [1.54, 1.807) is 20.8 Å².